The Morgan fingerprint density at radius 1 is 1.08 bits per heavy atom. The minimum absolute atomic E-state index is 0.439. The quantitative estimate of drug-likeness (QED) is 0.321. The first-order chi connectivity index (χ1) is 12.5. The number of nitrogens with zero attached hydrogens (tertiary/aromatic N) is 2. The molecule has 3 heteroatoms. The summed E-state index contributed by atoms with van der Waals surface area (Å²) < 4.78 is 8.24. The van der Waals surface area contributed by atoms with Crippen LogP contribution in [0.1, 0.15) is 30.9 Å². The number of pyridine rings is 1. The molecule has 128 valence electrons. The van der Waals surface area contributed by atoms with E-state index in [9.17, 15) is 0 Å². The van der Waals surface area contributed by atoms with Crippen LogP contribution in [0.15, 0.2) is 53.1 Å². The lowest BCUT2D eigenvalue weighted by atomic mass is 9.97. The fourth-order valence-corrected chi connectivity index (χ4v) is 3.61. The Balaban J connectivity index is 2.10. The van der Waals surface area contributed by atoms with Crippen molar-refractivity contribution in [3.63, 3.8) is 0 Å². The molecule has 0 fully saturated rings. The van der Waals surface area contributed by atoms with Gasteiger partial charge in [-0.2, -0.15) is 0 Å². The molecule has 0 aliphatic carbocycles. The van der Waals surface area contributed by atoms with Gasteiger partial charge in [0.15, 0.2) is 6.20 Å². The summed E-state index contributed by atoms with van der Waals surface area (Å²) in [7, 11) is 2.00. The van der Waals surface area contributed by atoms with Crippen molar-refractivity contribution in [2.24, 2.45) is 7.05 Å². The molecule has 4 aromatic rings. The molecule has 0 radical (unpaired) electrons. The summed E-state index contributed by atoms with van der Waals surface area (Å²) in [5.41, 5.74) is 6.41. The van der Waals surface area contributed by atoms with E-state index in [1.807, 2.05) is 36.0 Å². The minimum Gasteiger partial charge on any atom is -0.467 e. The van der Waals surface area contributed by atoms with Gasteiger partial charge < -0.3 is 4.42 Å². The average molecular weight is 341 g/mol. The molecule has 2 aromatic carbocycles. The topological polar surface area (TPSA) is 21.4 Å². The third kappa shape index (κ3) is 2.38. The fourth-order valence-electron chi connectivity index (χ4n) is 3.61. The molecule has 0 saturated heterocycles. The van der Waals surface area contributed by atoms with Gasteiger partial charge in [-0.05, 0) is 42.2 Å². The van der Waals surface area contributed by atoms with Gasteiger partial charge in [0.1, 0.15) is 18.2 Å². The molecule has 0 spiro atoms. The molecule has 3 nitrogen and oxygen atoms in total. The van der Waals surface area contributed by atoms with Gasteiger partial charge in [-0.15, -0.1) is 0 Å². The summed E-state index contributed by atoms with van der Waals surface area (Å²) in [4.78, 5) is 3.87. The highest BCUT2D eigenvalue weighted by atomic mass is 16.3. The van der Waals surface area contributed by atoms with Crippen molar-refractivity contribution in [2.45, 2.75) is 26.7 Å². The molecule has 0 N–H and O–H groups in total. The minimum atomic E-state index is 0.439. The Morgan fingerprint density at radius 3 is 2.58 bits per heavy atom. The van der Waals surface area contributed by atoms with Gasteiger partial charge in [-0.3, -0.25) is 0 Å². The molecule has 4 rings (SSSR count). The summed E-state index contributed by atoms with van der Waals surface area (Å²) in [6.45, 7) is 14.2. The maximum absolute atomic E-state index is 7.82. The highest BCUT2D eigenvalue weighted by molar-refractivity contribution is 6.12. The van der Waals surface area contributed by atoms with E-state index in [1.165, 1.54) is 5.56 Å². The van der Waals surface area contributed by atoms with Crippen LogP contribution in [0.4, 0.5) is 5.69 Å². The lowest BCUT2D eigenvalue weighted by Gasteiger charge is -2.07. The summed E-state index contributed by atoms with van der Waals surface area (Å²) in [5, 5.41) is 2.09. The highest BCUT2D eigenvalue weighted by Crippen LogP contribution is 2.43. The first-order valence-electron chi connectivity index (χ1n) is 8.83. The largest absolute Gasteiger partial charge is 0.467 e. The van der Waals surface area contributed by atoms with Gasteiger partial charge in [0.25, 0.3) is 0 Å². The van der Waals surface area contributed by atoms with Crippen LogP contribution in [0, 0.1) is 13.5 Å². The van der Waals surface area contributed by atoms with Gasteiger partial charge in [-0.25, -0.2) is 9.41 Å². The molecule has 0 unspecified atom stereocenters. The summed E-state index contributed by atoms with van der Waals surface area (Å²) >= 11 is 0. The standard InChI is InChI=1S/C23H21N2O/c1-14(2)16-9-10-17-18-12-15(3)21(19-8-6-7-11-25(19)5)22(24-4)23(18)26-20(17)13-16/h6-14H,1-3,5H3/q+1. The second kappa shape index (κ2) is 6.00. The second-order valence-corrected chi connectivity index (χ2v) is 7.11. The zero-order chi connectivity index (χ0) is 18.4. The predicted octanol–water partition coefficient (Wildman–Crippen LogP) is 6.06. The number of hydrogen-bond acceptors (Lipinski definition) is 1. The summed E-state index contributed by atoms with van der Waals surface area (Å²) in [6.07, 6.45) is 2.00. The van der Waals surface area contributed by atoms with Crippen molar-refractivity contribution in [3.05, 3.63) is 71.2 Å². The number of rotatable bonds is 2. The molecule has 0 aliphatic rings. The third-order valence-corrected chi connectivity index (χ3v) is 5.05. The molecule has 0 saturated carbocycles. The molecule has 0 amide bonds. The zero-order valence-electron chi connectivity index (χ0n) is 15.5. The number of hydrogen-bond donors (Lipinski definition) is 0. The Labute approximate surface area is 153 Å². The van der Waals surface area contributed by atoms with Gasteiger partial charge in [-0.1, -0.05) is 26.0 Å². The molecule has 2 heterocycles. The monoisotopic (exact) mass is 341 g/mol. The summed E-state index contributed by atoms with van der Waals surface area (Å²) in [6, 6.07) is 14.6. The van der Waals surface area contributed by atoms with Gasteiger partial charge in [0.2, 0.25) is 11.4 Å². The van der Waals surface area contributed by atoms with E-state index < -0.39 is 0 Å². The first-order valence-corrected chi connectivity index (χ1v) is 8.83. The lowest BCUT2D eigenvalue weighted by molar-refractivity contribution is -0.660. The zero-order valence-corrected chi connectivity index (χ0v) is 15.5. The fraction of sp³-hybridized carbons (Fsp3) is 0.217. The summed E-state index contributed by atoms with van der Waals surface area (Å²) in [5.74, 6) is 0.439. The van der Waals surface area contributed by atoms with Crippen molar-refractivity contribution >= 4 is 27.6 Å². The Bertz CT molecular complexity index is 1190. The number of fused-ring (bicyclic) bond motifs is 3. The van der Waals surface area contributed by atoms with Gasteiger partial charge in [0, 0.05) is 22.9 Å². The Kier molecular flexibility index (Phi) is 3.77. The van der Waals surface area contributed by atoms with Crippen LogP contribution in [0.5, 0.6) is 0 Å². The van der Waals surface area contributed by atoms with Crippen LogP contribution in [0.3, 0.4) is 0 Å². The van der Waals surface area contributed by atoms with E-state index >= 15 is 0 Å². The van der Waals surface area contributed by atoms with Crippen LogP contribution in [-0.4, -0.2) is 0 Å². The highest BCUT2D eigenvalue weighted by Gasteiger charge is 2.23. The number of aromatic nitrogens is 1. The maximum Gasteiger partial charge on any atom is 0.243 e. The lowest BCUT2D eigenvalue weighted by Crippen LogP contribution is -2.30. The average Bonchev–Trinajstić information content (AvgIpc) is 2.98. The van der Waals surface area contributed by atoms with E-state index in [-0.39, 0.29) is 0 Å². The number of benzene rings is 2. The molecule has 26 heavy (non-hydrogen) atoms. The van der Waals surface area contributed by atoms with Crippen molar-refractivity contribution < 1.29 is 8.98 Å². The van der Waals surface area contributed by atoms with E-state index in [0.29, 0.717) is 17.2 Å². The third-order valence-electron chi connectivity index (χ3n) is 5.05. The number of aryl methyl sites for hydroxylation is 2. The van der Waals surface area contributed by atoms with Gasteiger partial charge in [0.05, 0.1) is 12.1 Å². The second-order valence-electron chi connectivity index (χ2n) is 7.11. The van der Waals surface area contributed by atoms with Crippen LogP contribution in [-0.2, 0) is 7.05 Å². The van der Waals surface area contributed by atoms with Crippen LogP contribution in [0.25, 0.3) is 38.0 Å². The van der Waals surface area contributed by atoms with Crippen LogP contribution >= 0.6 is 0 Å². The Hall–Kier alpha value is -3.12. The molecular weight excluding hydrogens is 320 g/mol. The van der Waals surface area contributed by atoms with E-state index in [1.54, 1.807) is 0 Å². The van der Waals surface area contributed by atoms with Crippen LogP contribution < -0.4 is 4.57 Å². The van der Waals surface area contributed by atoms with Crippen LogP contribution in [0.2, 0.25) is 0 Å². The van der Waals surface area contributed by atoms with E-state index in [0.717, 1.165) is 33.2 Å². The SMILES string of the molecule is [C-]#[N+]c1c(-c2cccc[n+]2C)c(C)cc2c1oc1cc(C(C)C)ccc12. The maximum atomic E-state index is 7.82. The van der Waals surface area contributed by atoms with Crippen molar-refractivity contribution in [1.29, 1.82) is 0 Å². The normalized spacial score (nSPS) is 11.4. The Morgan fingerprint density at radius 2 is 1.88 bits per heavy atom. The van der Waals surface area contributed by atoms with E-state index in [4.69, 9.17) is 11.0 Å². The molecule has 0 bridgehead atoms. The molecular formula is C23H21N2O+. The molecule has 0 atom stereocenters. The van der Waals surface area contributed by atoms with E-state index in [2.05, 4.69) is 49.9 Å². The first kappa shape index (κ1) is 16.4. The molecule has 2 aromatic heterocycles. The van der Waals surface area contributed by atoms with Gasteiger partial charge >= 0.3 is 0 Å². The number of furan rings is 1. The predicted molar refractivity (Wildman–Crippen MR) is 105 cm³/mol. The van der Waals surface area contributed by atoms with Crippen molar-refractivity contribution in [3.8, 4) is 11.3 Å². The van der Waals surface area contributed by atoms with Crippen molar-refractivity contribution in [2.75, 3.05) is 0 Å². The van der Waals surface area contributed by atoms with Crippen molar-refractivity contribution in [1.82, 2.24) is 0 Å². The smallest absolute Gasteiger partial charge is 0.243 e. The molecule has 0 aliphatic heterocycles.